The molecule has 4 aromatic rings. The molecule has 0 amide bonds. The first kappa shape index (κ1) is 130. The van der Waals surface area contributed by atoms with E-state index in [9.17, 15) is 27.5 Å². The molecule has 1 N–H and O–H groups in total. The number of halogens is 9. The summed E-state index contributed by atoms with van der Waals surface area (Å²) in [7, 11) is 0. The van der Waals surface area contributed by atoms with Gasteiger partial charge in [0.1, 0.15) is 54.7 Å². The van der Waals surface area contributed by atoms with Gasteiger partial charge in [-0.1, -0.05) is 201 Å². The third-order valence-corrected chi connectivity index (χ3v) is 31.7. The molecule has 0 spiro atoms. The molecular weight excluding hydrogens is 2010 g/mol. The molecule has 4 aromatic carbocycles. The second kappa shape index (κ2) is 78.5. The number of ketones is 1. The molecule has 14 rings (SSSR count). The van der Waals surface area contributed by atoms with Crippen molar-refractivity contribution in [3.8, 4) is 190 Å². The van der Waals surface area contributed by atoms with E-state index >= 15 is 0 Å². The summed E-state index contributed by atoms with van der Waals surface area (Å²) in [6.45, 7) is 25.9. The number of hydrogen-bond acceptors (Lipinski definition) is 8. The fraction of sp³-hybridized carbons (Fsp3) is 0.577. The Morgan fingerprint density at radius 2 is 0.649 bits per heavy atom. The maximum absolute atomic E-state index is 14.8. The van der Waals surface area contributed by atoms with Crippen LogP contribution in [0.2, 0.25) is 20.1 Å². The number of ether oxygens (including phenoxy) is 6. The summed E-state index contributed by atoms with van der Waals surface area (Å²) in [6, 6.07) is 13.9. The van der Waals surface area contributed by atoms with Crippen molar-refractivity contribution in [1.82, 2.24) is 0 Å². The quantitative estimate of drug-likeness (QED) is 0.0340. The molecule has 18 heteroatoms. The number of terminal acetylenes is 1. The van der Waals surface area contributed by atoms with Crippen molar-refractivity contribution in [3.05, 3.63) is 119 Å². The number of rotatable bonds is 23. The van der Waals surface area contributed by atoms with E-state index in [-0.39, 0.29) is 57.6 Å². The van der Waals surface area contributed by atoms with Crippen LogP contribution in [-0.4, -0.2) is 86.8 Å². The van der Waals surface area contributed by atoms with E-state index in [1.54, 1.807) is 44.2 Å². The molecule has 2 aliphatic heterocycles. The van der Waals surface area contributed by atoms with Crippen molar-refractivity contribution < 1.29 is 58.7 Å². The van der Waals surface area contributed by atoms with Gasteiger partial charge in [0, 0.05) is 97.8 Å². The first-order chi connectivity index (χ1) is 71.6. The van der Waals surface area contributed by atoms with Gasteiger partial charge in [0.25, 0.3) is 0 Å². The van der Waals surface area contributed by atoms with E-state index in [0.717, 1.165) is 154 Å². The fourth-order valence-corrected chi connectivity index (χ4v) is 23.4. The number of hydrogen-bond donors (Lipinski definition) is 1. The van der Waals surface area contributed by atoms with E-state index in [2.05, 4.69) is 216 Å². The monoisotopic (exact) mass is 2170 g/mol. The van der Waals surface area contributed by atoms with Gasteiger partial charge in [-0.2, -0.15) is 0 Å². The van der Waals surface area contributed by atoms with E-state index in [1.165, 1.54) is 212 Å². The molecule has 2 saturated heterocycles. The number of Topliss-reactive ketones (excluding diaryl/α,β-unsaturated/α-hetero) is 1. The summed E-state index contributed by atoms with van der Waals surface area (Å²) in [5.41, 5.74) is 1.80. The summed E-state index contributed by atoms with van der Waals surface area (Å²) in [5, 5.41) is 11.4. The molecule has 148 heavy (non-hydrogen) atoms. The van der Waals surface area contributed by atoms with Crippen LogP contribution in [0, 0.1) is 261 Å². The van der Waals surface area contributed by atoms with Crippen LogP contribution in [-0.2, 0) is 19.9 Å². The van der Waals surface area contributed by atoms with Gasteiger partial charge in [0.2, 0.25) is 0 Å². The van der Waals surface area contributed by atoms with Crippen molar-refractivity contribution >= 4 is 96.7 Å². The summed E-state index contributed by atoms with van der Waals surface area (Å²) >= 11 is 27.1. The molecule has 792 valence electrons. The van der Waals surface area contributed by atoms with Crippen molar-refractivity contribution in [3.63, 3.8) is 0 Å². The maximum atomic E-state index is 14.8. The average molecular weight is 2170 g/mol. The molecule has 7 saturated carbocycles. The largest absolute Gasteiger partial charge is 2.00 e. The van der Waals surface area contributed by atoms with E-state index in [4.69, 9.17) is 74.8 Å². The Bertz CT molecular complexity index is 5500. The van der Waals surface area contributed by atoms with Crippen LogP contribution < -0.4 is 18.9 Å². The summed E-state index contributed by atoms with van der Waals surface area (Å²) in [6.07, 6.45) is 64.1. The van der Waals surface area contributed by atoms with Crippen molar-refractivity contribution in [2.24, 2.45) is 71.0 Å². The van der Waals surface area contributed by atoms with Crippen molar-refractivity contribution in [2.45, 2.75) is 357 Å². The Labute approximate surface area is 937 Å². The molecule has 0 aromatic heterocycles. The standard InChI is InChI=1S/C28H6.C23H34ClFO2.C23H34ClFO.C23H32ClFO.C15H26O.C8H7BrClFO.2C4H8O.C2H2.Mg.2H/c1-3-5-7-9-11-13-15-17-19-21-23-25-27-28-26-24-22-20-18-16-14-12-10-8-6-4-2;1-3-5-16-6-8-17(9-7-16)18-12-14-23(26,15-13-18)19-10-11-20(27-4-2)21(24)22(19)25;2*1-3-5-16-6-8-17(9-7-16)18-10-12-19(13-11-18)20-14-15-21(26-4-2)22(24)23(20)25;1-2-3-12-4-6-13(7-5-12)14-8-10-15(16)11-9-14;1-2-12-6-4-3-5(9)8(11)7(6)10;2*1-2-4-5-3-1;1-2;;;/h1-2H3;10-11,16-18,26H,3-9,12-15H2,1-2H3;14-19H,3-13H2,1-2H3;12,14-18H,3-11,13H2,1-2H3;12-14H,2-11H2,1H3;3-4H,2H2,1H3;2*1-4H2;1-2H;;;/q;;;;;;;;;+2;2*-1. The number of benzene rings is 4. The zero-order valence-electron chi connectivity index (χ0n) is 91.8. The van der Waals surface area contributed by atoms with Gasteiger partial charge < -0.3 is 36.4 Å². The third kappa shape index (κ3) is 48.1. The van der Waals surface area contributed by atoms with Gasteiger partial charge >= 0.3 is 23.1 Å². The minimum absolute atomic E-state index is 0. The van der Waals surface area contributed by atoms with Gasteiger partial charge in [-0.05, 0) is 443 Å². The first-order valence-corrected chi connectivity index (χ1v) is 56.8. The molecule has 1 atom stereocenters. The van der Waals surface area contributed by atoms with Gasteiger partial charge in [0.15, 0.2) is 17.5 Å². The van der Waals surface area contributed by atoms with Crippen LogP contribution in [0.15, 0.2) is 59.1 Å². The Morgan fingerprint density at radius 3 is 0.966 bits per heavy atom. The first-order valence-electron chi connectivity index (χ1n) is 54.5. The van der Waals surface area contributed by atoms with Crippen LogP contribution in [0.5, 0.6) is 23.0 Å². The second-order valence-electron chi connectivity index (χ2n) is 39.2. The maximum Gasteiger partial charge on any atom is 2.00 e. The Hall–Kier alpha value is -8.66. The van der Waals surface area contributed by atoms with Gasteiger partial charge in [0.05, 0.1) is 36.5 Å². The molecule has 8 nitrogen and oxygen atoms in total. The van der Waals surface area contributed by atoms with Crippen molar-refractivity contribution in [1.29, 1.82) is 0 Å². The SMILES string of the molecule is C#C.C1CCOC1.C1CCOC1.CC#CC#CC#CC#CC#CC#CC#CC#CC#CC#CC#CC#CC#CC.CCCC1CCC(C2CC=C(c3ccc(OCC)c(Cl)c3F)CC2)CC1.CCCC1CCC(C2CCC(=O)CC2)CC1.CCCC1CCC(C2CCC(O)(c3ccc(OCC)c(Cl)c3F)CC2)CC1.CCCC1CCC(C2CCC(c3ccc(OCC)c(Cl)c3F)CC2)CC1.CCOc1ccc(Br)c(F)c1Cl.[H-].[H-].[Mg+2]. The van der Waals surface area contributed by atoms with Gasteiger partial charge in [-0.15, -0.1) is 12.8 Å². The Balaban J connectivity index is 0.000000455. The fourth-order valence-electron chi connectivity index (χ4n) is 22.1. The summed E-state index contributed by atoms with van der Waals surface area (Å²) in [4.78, 5) is 11.2. The van der Waals surface area contributed by atoms with Gasteiger partial charge in [-0.3, -0.25) is 4.79 Å². The average Bonchev–Trinajstić information content (AvgIpc) is 0.863. The molecule has 9 fully saturated rings. The molecule has 8 aliphatic carbocycles. The predicted octanol–water partition coefficient (Wildman–Crippen LogP) is 33.0. The van der Waals surface area contributed by atoms with E-state index < -0.39 is 17.2 Å². The third-order valence-electron chi connectivity index (χ3n) is 29.7. The molecule has 10 aliphatic rings. The Morgan fingerprint density at radius 1 is 0.365 bits per heavy atom. The van der Waals surface area contributed by atoms with Crippen LogP contribution in [0.25, 0.3) is 5.57 Å². The summed E-state index contributed by atoms with van der Waals surface area (Å²) in [5.74, 6) is 77.1. The smallest absolute Gasteiger partial charge is 1.00 e. The normalized spacial score (nSPS) is 22.4. The zero-order valence-corrected chi connectivity index (χ0v) is 95.9. The van der Waals surface area contributed by atoms with E-state index in [0.29, 0.717) is 95.5 Å². The minimum atomic E-state index is -1.10. The number of allylic oxidation sites excluding steroid dienone is 2. The predicted molar refractivity (Wildman–Crippen MR) is 613 cm³/mol. The summed E-state index contributed by atoms with van der Waals surface area (Å²) < 4.78 is 88.8. The van der Waals surface area contributed by atoms with Crippen molar-refractivity contribution in [2.75, 3.05) is 52.9 Å². The van der Waals surface area contributed by atoms with E-state index in [1.807, 2.05) is 45.9 Å². The number of aliphatic hydroxyl groups is 1. The molecule has 1 unspecified atom stereocenters. The number of carbonyl (C=O) groups excluding carboxylic acids is 1. The molecule has 0 bridgehead atoms. The Kier molecular flexibility index (Phi) is 68.8. The second-order valence-corrected chi connectivity index (χ2v) is 41.6. The topological polar surface area (TPSA) is 92.7 Å². The molecule has 0 radical (unpaired) electrons. The molecule has 2 heterocycles. The molecular formula is C130H159BrCl4F4MgO8. The zero-order chi connectivity index (χ0) is 106. The van der Waals surface area contributed by atoms with Crippen LogP contribution in [0.4, 0.5) is 17.6 Å². The van der Waals surface area contributed by atoms with Gasteiger partial charge in [-0.25, -0.2) is 17.6 Å². The van der Waals surface area contributed by atoms with Crippen LogP contribution in [0.1, 0.15) is 371 Å². The van der Waals surface area contributed by atoms with Crippen LogP contribution in [0.3, 0.4) is 0 Å². The number of carbonyl (C=O) groups is 1. The minimum Gasteiger partial charge on any atom is -1.00 e. The van der Waals surface area contributed by atoms with Crippen LogP contribution >= 0.6 is 62.3 Å².